The number of thioether (sulfide) groups is 1. The van der Waals surface area contributed by atoms with Gasteiger partial charge in [-0.3, -0.25) is 9.59 Å². The number of carbonyl (C=O) groups is 2. The lowest BCUT2D eigenvalue weighted by Crippen LogP contribution is -2.34. The molecule has 1 aliphatic heterocycles. The van der Waals surface area contributed by atoms with Crippen LogP contribution in [0.1, 0.15) is 5.56 Å². The Kier molecular flexibility index (Phi) is 4.22. The molecule has 1 fully saturated rings. The summed E-state index contributed by atoms with van der Waals surface area (Å²) in [6.45, 7) is -0.0904. The molecule has 1 N–H and O–H groups in total. The number of benzene rings is 1. The van der Waals surface area contributed by atoms with E-state index in [4.69, 9.17) is 0 Å². The van der Waals surface area contributed by atoms with Crippen LogP contribution in [0.15, 0.2) is 24.3 Å². The van der Waals surface area contributed by atoms with Crippen LogP contribution < -0.4 is 5.32 Å². The van der Waals surface area contributed by atoms with Crippen molar-refractivity contribution in [1.29, 1.82) is 0 Å². The number of hydrogen-bond donors (Lipinski definition) is 1. The average Bonchev–Trinajstić information content (AvgIpc) is 2.74. The number of nitrogens with one attached hydrogen (secondary N) is 1. The first kappa shape index (κ1) is 14.7. The second kappa shape index (κ2) is 5.74. The summed E-state index contributed by atoms with van der Waals surface area (Å²) in [4.78, 5) is 24.4. The van der Waals surface area contributed by atoms with Crippen molar-refractivity contribution in [2.45, 2.75) is 6.18 Å². The molecule has 1 aromatic carbocycles. The fourth-order valence-corrected chi connectivity index (χ4v) is 2.56. The first-order valence-corrected chi connectivity index (χ1v) is 6.84. The Morgan fingerprint density at radius 1 is 1.30 bits per heavy atom. The van der Waals surface area contributed by atoms with Crippen LogP contribution in [0.5, 0.6) is 0 Å². The van der Waals surface area contributed by atoms with Crippen LogP contribution in [0.4, 0.5) is 18.9 Å². The molecule has 4 nitrogen and oxygen atoms in total. The molecule has 2 amide bonds. The van der Waals surface area contributed by atoms with E-state index in [1.165, 1.54) is 28.8 Å². The predicted octanol–water partition coefficient (Wildman–Crippen LogP) is 2.18. The third-order valence-corrected chi connectivity index (χ3v) is 3.60. The molecule has 2 rings (SSSR count). The molecule has 1 saturated heterocycles. The first-order chi connectivity index (χ1) is 9.36. The number of hydrogen-bond acceptors (Lipinski definition) is 3. The van der Waals surface area contributed by atoms with E-state index in [0.29, 0.717) is 11.6 Å². The van der Waals surface area contributed by atoms with Crippen molar-refractivity contribution < 1.29 is 22.8 Å². The first-order valence-electron chi connectivity index (χ1n) is 5.69. The Balaban J connectivity index is 1.93. The Morgan fingerprint density at radius 2 is 1.95 bits per heavy atom. The molecular formula is C12H11F3N2O2S. The predicted molar refractivity (Wildman–Crippen MR) is 69.1 cm³/mol. The van der Waals surface area contributed by atoms with Gasteiger partial charge >= 0.3 is 6.18 Å². The molecule has 0 unspecified atom stereocenters. The van der Waals surface area contributed by atoms with Crippen molar-refractivity contribution in [1.82, 2.24) is 4.90 Å². The molecule has 1 aromatic rings. The fraction of sp³-hybridized carbons (Fsp3) is 0.333. The van der Waals surface area contributed by atoms with Gasteiger partial charge in [0.1, 0.15) is 6.54 Å². The zero-order valence-corrected chi connectivity index (χ0v) is 11.1. The highest BCUT2D eigenvalue weighted by molar-refractivity contribution is 8.00. The van der Waals surface area contributed by atoms with Gasteiger partial charge in [0.15, 0.2) is 0 Å². The molecule has 0 spiro atoms. The minimum absolute atomic E-state index is 0.0904. The maximum atomic E-state index is 12.4. The molecule has 8 heteroatoms. The summed E-state index contributed by atoms with van der Waals surface area (Å²) in [5.74, 6) is 0.269. The van der Waals surface area contributed by atoms with Gasteiger partial charge in [-0.2, -0.15) is 13.2 Å². The molecule has 0 aromatic heterocycles. The summed E-state index contributed by atoms with van der Waals surface area (Å²) in [6, 6.07) is 4.15. The summed E-state index contributed by atoms with van der Waals surface area (Å²) < 4.78 is 37.1. The summed E-state index contributed by atoms with van der Waals surface area (Å²) in [7, 11) is 0. The standard InChI is InChI=1S/C12H11F3N2O2S/c13-12(14,15)8-1-3-9(4-2-8)16-10(18)5-17-7-20-6-11(17)19/h1-4H,5-7H2,(H,16,18). The Bertz CT molecular complexity index is 516. The number of alkyl halides is 3. The van der Waals surface area contributed by atoms with Gasteiger partial charge in [0.2, 0.25) is 11.8 Å². The molecule has 0 aliphatic carbocycles. The summed E-state index contributed by atoms with van der Waals surface area (Å²) in [5, 5.41) is 2.46. The second-order valence-electron chi connectivity index (χ2n) is 4.19. The molecule has 0 saturated carbocycles. The highest BCUT2D eigenvalue weighted by Crippen LogP contribution is 2.29. The van der Waals surface area contributed by atoms with E-state index in [2.05, 4.69) is 5.32 Å². The minimum atomic E-state index is -4.40. The van der Waals surface area contributed by atoms with E-state index in [1.54, 1.807) is 0 Å². The molecule has 108 valence electrons. The number of rotatable bonds is 3. The number of carbonyl (C=O) groups excluding carboxylic acids is 2. The zero-order chi connectivity index (χ0) is 14.8. The average molecular weight is 304 g/mol. The number of halogens is 3. The van der Waals surface area contributed by atoms with Crippen molar-refractivity contribution in [2.75, 3.05) is 23.5 Å². The minimum Gasteiger partial charge on any atom is -0.325 e. The van der Waals surface area contributed by atoms with Crippen molar-refractivity contribution in [3.8, 4) is 0 Å². The van der Waals surface area contributed by atoms with Gasteiger partial charge in [0.05, 0.1) is 17.2 Å². The molecule has 0 atom stereocenters. The van der Waals surface area contributed by atoms with Gasteiger partial charge in [0, 0.05) is 5.69 Å². The normalized spacial score (nSPS) is 15.6. The van der Waals surface area contributed by atoms with Gasteiger partial charge in [0.25, 0.3) is 0 Å². The maximum Gasteiger partial charge on any atom is 0.416 e. The van der Waals surface area contributed by atoms with Gasteiger partial charge in [-0.1, -0.05) is 0 Å². The van der Waals surface area contributed by atoms with Crippen LogP contribution in [0.2, 0.25) is 0 Å². The molecule has 1 aliphatic rings. The van der Waals surface area contributed by atoms with E-state index >= 15 is 0 Å². The highest BCUT2D eigenvalue weighted by Gasteiger charge is 2.30. The fourth-order valence-electron chi connectivity index (χ4n) is 1.66. The number of anilines is 1. The van der Waals surface area contributed by atoms with E-state index in [1.807, 2.05) is 0 Å². The molecule has 0 radical (unpaired) electrons. The highest BCUT2D eigenvalue weighted by atomic mass is 32.2. The van der Waals surface area contributed by atoms with Crippen LogP contribution in [-0.4, -0.2) is 34.9 Å². The van der Waals surface area contributed by atoms with Crippen LogP contribution in [-0.2, 0) is 15.8 Å². The van der Waals surface area contributed by atoms with Crippen molar-refractivity contribution in [2.24, 2.45) is 0 Å². The van der Waals surface area contributed by atoms with Crippen LogP contribution >= 0.6 is 11.8 Å². The van der Waals surface area contributed by atoms with Crippen LogP contribution in [0.25, 0.3) is 0 Å². The number of amides is 2. The largest absolute Gasteiger partial charge is 0.416 e. The lowest BCUT2D eigenvalue weighted by molar-refractivity contribution is -0.137. The lowest BCUT2D eigenvalue weighted by atomic mass is 10.2. The van der Waals surface area contributed by atoms with Gasteiger partial charge in [-0.25, -0.2) is 0 Å². The Labute approximate surface area is 117 Å². The topological polar surface area (TPSA) is 49.4 Å². The zero-order valence-electron chi connectivity index (χ0n) is 10.2. The van der Waals surface area contributed by atoms with Crippen molar-refractivity contribution in [3.63, 3.8) is 0 Å². The third-order valence-electron chi connectivity index (χ3n) is 2.66. The van der Waals surface area contributed by atoms with Gasteiger partial charge < -0.3 is 10.2 Å². The Morgan fingerprint density at radius 3 is 2.45 bits per heavy atom. The SMILES string of the molecule is O=C(CN1CSCC1=O)Nc1ccc(C(F)(F)F)cc1. The van der Waals surface area contributed by atoms with E-state index in [-0.39, 0.29) is 18.1 Å². The van der Waals surface area contributed by atoms with Crippen molar-refractivity contribution >= 4 is 29.3 Å². The summed E-state index contributed by atoms with van der Waals surface area (Å²) in [5.41, 5.74) is -0.510. The second-order valence-corrected chi connectivity index (χ2v) is 5.15. The summed E-state index contributed by atoms with van der Waals surface area (Å²) >= 11 is 1.41. The molecular weight excluding hydrogens is 293 g/mol. The van der Waals surface area contributed by atoms with E-state index in [9.17, 15) is 22.8 Å². The Hall–Kier alpha value is -1.70. The van der Waals surface area contributed by atoms with E-state index in [0.717, 1.165) is 12.1 Å². The quantitative estimate of drug-likeness (QED) is 0.931. The van der Waals surface area contributed by atoms with Crippen LogP contribution in [0, 0.1) is 0 Å². The molecule has 0 bridgehead atoms. The summed E-state index contributed by atoms with van der Waals surface area (Å²) in [6.07, 6.45) is -4.40. The number of nitrogens with zero attached hydrogens (tertiary/aromatic N) is 1. The lowest BCUT2D eigenvalue weighted by Gasteiger charge is -2.14. The van der Waals surface area contributed by atoms with Crippen molar-refractivity contribution in [3.05, 3.63) is 29.8 Å². The smallest absolute Gasteiger partial charge is 0.325 e. The maximum absolute atomic E-state index is 12.4. The molecule has 20 heavy (non-hydrogen) atoms. The monoisotopic (exact) mass is 304 g/mol. The van der Waals surface area contributed by atoms with Gasteiger partial charge in [-0.15, -0.1) is 11.8 Å². The van der Waals surface area contributed by atoms with E-state index < -0.39 is 17.6 Å². The van der Waals surface area contributed by atoms with Crippen LogP contribution in [0.3, 0.4) is 0 Å². The molecule has 1 heterocycles. The third kappa shape index (κ3) is 3.66. The van der Waals surface area contributed by atoms with Gasteiger partial charge in [-0.05, 0) is 24.3 Å².